The fourth-order valence-electron chi connectivity index (χ4n) is 16.4. The van der Waals surface area contributed by atoms with Crippen molar-refractivity contribution in [1.82, 2.24) is 9.13 Å². The number of nitrogens with zero attached hydrogens (tertiary/aromatic N) is 4. The van der Waals surface area contributed by atoms with Gasteiger partial charge in [0.05, 0.1) is 33.4 Å². The van der Waals surface area contributed by atoms with Crippen LogP contribution in [-0.2, 0) is 5.41 Å². The summed E-state index contributed by atoms with van der Waals surface area (Å²) in [5.41, 5.74) is 33.8. The average Bonchev–Trinajstić information content (AvgIpc) is 0.993. The predicted molar refractivity (Wildman–Crippen MR) is 409 cm³/mol. The van der Waals surface area contributed by atoms with Gasteiger partial charge in [0, 0.05) is 77.9 Å². The zero-order valence-corrected chi connectivity index (χ0v) is 54.8. The molecule has 2 aliphatic rings. The highest BCUT2D eigenvalue weighted by Gasteiger charge is 2.46. The Hall–Kier alpha value is -11.7. The molecule has 4 nitrogen and oxygen atoms in total. The fourth-order valence-corrected chi connectivity index (χ4v) is 16.4. The molecule has 456 valence electrons. The van der Waals surface area contributed by atoms with Gasteiger partial charge in [0.2, 0.25) is 0 Å². The lowest BCUT2D eigenvalue weighted by molar-refractivity contribution is 0.590. The molecule has 0 unspecified atom stereocenters. The topological polar surface area (TPSA) is 16.3 Å². The molecule has 2 aromatic heterocycles. The van der Waals surface area contributed by atoms with Gasteiger partial charge in [-0.25, -0.2) is 0 Å². The van der Waals surface area contributed by atoms with Gasteiger partial charge in [0.25, 0.3) is 6.71 Å². The molecule has 16 aromatic rings. The maximum Gasteiger partial charge on any atom is 0.252 e. The van der Waals surface area contributed by atoms with E-state index in [0.29, 0.717) is 0 Å². The van der Waals surface area contributed by atoms with Crippen molar-refractivity contribution in [3.63, 3.8) is 0 Å². The molecule has 0 N–H and O–H groups in total. The van der Waals surface area contributed by atoms with Crippen molar-refractivity contribution in [2.45, 2.75) is 47.0 Å². The highest BCUT2D eigenvalue weighted by atomic mass is 15.2. The highest BCUT2D eigenvalue weighted by molar-refractivity contribution is 7.00. The molecule has 0 saturated carbocycles. The van der Waals surface area contributed by atoms with Crippen LogP contribution >= 0.6 is 0 Å². The van der Waals surface area contributed by atoms with E-state index in [1.165, 1.54) is 93.4 Å². The molecular weight excluding hydrogens is 1160 g/mol. The van der Waals surface area contributed by atoms with E-state index in [2.05, 4.69) is 370 Å². The van der Waals surface area contributed by atoms with Crippen LogP contribution in [0.2, 0.25) is 0 Å². The molecule has 0 spiro atoms. The van der Waals surface area contributed by atoms with Crippen molar-refractivity contribution in [1.29, 1.82) is 0 Å². The molecule has 96 heavy (non-hydrogen) atoms. The van der Waals surface area contributed by atoms with Crippen molar-refractivity contribution < 1.29 is 0 Å². The average molecular weight is 1230 g/mol. The first-order valence-corrected chi connectivity index (χ1v) is 33.7. The SMILES string of the molecule is Cc1cc(C)c(-c2cc3c4c(c2)N(c2c(-c5ccccc5)cccc2-c2cccc(C(C)(C)C)c2)c2cc(-n5c6ccccc6c6ccccc65)ccc2B4c2ccc(-n4c5ccccc5c5ccccc54)cc2N3c2c(-c3ccccc3)cccc2-c2ccccc2)c(C)c1. The van der Waals surface area contributed by atoms with E-state index in [-0.39, 0.29) is 12.1 Å². The maximum absolute atomic E-state index is 2.71. The molecule has 4 heterocycles. The summed E-state index contributed by atoms with van der Waals surface area (Å²) in [6.07, 6.45) is 0. The third kappa shape index (κ3) is 8.98. The number of hydrogen-bond donors (Lipinski definition) is 0. The minimum Gasteiger partial charge on any atom is -0.310 e. The number of aryl methyl sites for hydroxylation is 3. The Kier molecular flexibility index (Phi) is 13.2. The van der Waals surface area contributed by atoms with Gasteiger partial charge in [-0.3, -0.25) is 0 Å². The summed E-state index contributed by atoms with van der Waals surface area (Å²) >= 11 is 0. The van der Waals surface area contributed by atoms with Crippen molar-refractivity contribution in [2.24, 2.45) is 0 Å². The monoisotopic (exact) mass is 1230 g/mol. The molecule has 0 saturated heterocycles. The van der Waals surface area contributed by atoms with Crippen LogP contribution in [0.15, 0.2) is 309 Å². The van der Waals surface area contributed by atoms with Crippen molar-refractivity contribution in [3.8, 4) is 67.0 Å². The Morgan fingerprint density at radius 1 is 0.292 bits per heavy atom. The first-order valence-electron chi connectivity index (χ1n) is 33.7. The number of aromatic nitrogens is 2. The second-order valence-corrected chi connectivity index (χ2v) is 27.4. The molecule has 0 amide bonds. The van der Waals surface area contributed by atoms with Crippen LogP contribution in [0.5, 0.6) is 0 Å². The number of fused-ring (bicyclic) bond motifs is 10. The van der Waals surface area contributed by atoms with Crippen molar-refractivity contribution >= 4 is 101 Å². The lowest BCUT2D eigenvalue weighted by Crippen LogP contribution is -2.61. The number of hydrogen-bond acceptors (Lipinski definition) is 2. The minimum atomic E-state index is -0.234. The second kappa shape index (κ2) is 22.3. The number of benzene rings is 14. The van der Waals surface area contributed by atoms with Crippen molar-refractivity contribution in [2.75, 3.05) is 9.80 Å². The molecule has 5 heteroatoms. The molecule has 0 radical (unpaired) electrons. The van der Waals surface area contributed by atoms with E-state index in [9.17, 15) is 0 Å². The summed E-state index contributed by atoms with van der Waals surface area (Å²) < 4.78 is 4.99. The van der Waals surface area contributed by atoms with Crippen LogP contribution in [0.3, 0.4) is 0 Å². The van der Waals surface area contributed by atoms with Crippen LogP contribution in [-0.4, -0.2) is 15.8 Å². The lowest BCUT2D eigenvalue weighted by atomic mass is 9.33. The number of rotatable bonds is 9. The summed E-state index contributed by atoms with van der Waals surface area (Å²) in [6.45, 7) is 13.6. The largest absolute Gasteiger partial charge is 0.310 e. The van der Waals surface area contributed by atoms with Crippen LogP contribution in [0, 0.1) is 20.8 Å². The van der Waals surface area contributed by atoms with Crippen LogP contribution in [0.25, 0.3) is 111 Å². The van der Waals surface area contributed by atoms with E-state index in [1.54, 1.807) is 0 Å². The van der Waals surface area contributed by atoms with E-state index >= 15 is 0 Å². The first-order chi connectivity index (χ1) is 47.0. The quantitative estimate of drug-likeness (QED) is 0.134. The van der Waals surface area contributed by atoms with Crippen LogP contribution in [0.4, 0.5) is 34.1 Å². The second-order valence-electron chi connectivity index (χ2n) is 27.4. The lowest BCUT2D eigenvalue weighted by Gasteiger charge is -2.46. The zero-order valence-electron chi connectivity index (χ0n) is 54.8. The molecule has 0 fully saturated rings. The van der Waals surface area contributed by atoms with Crippen LogP contribution in [0.1, 0.15) is 43.0 Å². The Balaban J connectivity index is 1.04. The summed E-state index contributed by atoms with van der Waals surface area (Å²) in [5, 5.41) is 4.92. The molecule has 14 aromatic carbocycles. The number of anilines is 6. The molecule has 0 atom stereocenters. The standard InChI is InChI=1S/C91H69BN4/c1-58-51-59(2)87(60(3)52-58)65-54-85-88-86(55-65)96(90-71(63-31-14-9-15-32-63)41-26-42-72(90)64-33-24-34-66(53-64)91(4,5)6)84-57-68(94-81-45-22-18-37-75(81)76-38-19-23-46-82(76)94)48-50-78(84)92(88)77-49-47-67(93-79-43-20-16-35-73(79)74-36-17-21-44-80(74)93)56-83(77)95(85)89-69(61-27-10-7-11-28-61)39-25-40-70(89)62-29-12-8-13-30-62/h7-57H,1-6H3. The van der Waals surface area contributed by atoms with Gasteiger partial charge < -0.3 is 18.9 Å². The van der Waals surface area contributed by atoms with Gasteiger partial charge in [-0.1, -0.05) is 275 Å². The zero-order chi connectivity index (χ0) is 64.5. The van der Waals surface area contributed by atoms with E-state index in [0.717, 1.165) is 90.0 Å². The molecule has 0 bridgehead atoms. The highest BCUT2D eigenvalue weighted by Crippen LogP contribution is 2.55. The Labute approximate surface area is 562 Å². The van der Waals surface area contributed by atoms with Gasteiger partial charge in [-0.2, -0.15) is 0 Å². The Morgan fingerprint density at radius 2 is 0.646 bits per heavy atom. The predicted octanol–water partition coefficient (Wildman–Crippen LogP) is 22.5. The van der Waals surface area contributed by atoms with E-state index in [1.807, 2.05) is 0 Å². The first kappa shape index (κ1) is 57.0. The fraction of sp³-hybridized carbons (Fsp3) is 0.0769. The van der Waals surface area contributed by atoms with E-state index in [4.69, 9.17) is 0 Å². The van der Waals surface area contributed by atoms with Gasteiger partial charge in [-0.15, -0.1) is 0 Å². The molecular formula is C91H69BN4. The van der Waals surface area contributed by atoms with Gasteiger partial charge in [-0.05, 0) is 153 Å². The van der Waals surface area contributed by atoms with Gasteiger partial charge in [0.1, 0.15) is 0 Å². The molecule has 0 aliphatic carbocycles. The van der Waals surface area contributed by atoms with E-state index < -0.39 is 0 Å². The minimum absolute atomic E-state index is 0.0978. The summed E-state index contributed by atoms with van der Waals surface area (Å²) in [4.78, 5) is 5.41. The maximum atomic E-state index is 2.71. The smallest absolute Gasteiger partial charge is 0.252 e. The summed E-state index contributed by atoms with van der Waals surface area (Å²) in [7, 11) is 0. The van der Waals surface area contributed by atoms with Gasteiger partial charge in [0.15, 0.2) is 0 Å². The number of para-hydroxylation sites is 6. The normalized spacial score (nSPS) is 12.6. The molecule has 18 rings (SSSR count). The Bertz CT molecular complexity index is 5620. The third-order valence-corrected chi connectivity index (χ3v) is 20.5. The van der Waals surface area contributed by atoms with Crippen molar-refractivity contribution in [3.05, 3.63) is 332 Å². The molecule has 2 aliphatic heterocycles. The third-order valence-electron chi connectivity index (χ3n) is 20.5. The van der Waals surface area contributed by atoms with Gasteiger partial charge >= 0.3 is 0 Å². The summed E-state index contributed by atoms with van der Waals surface area (Å²) in [5.74, 6) is 0. The summed E-state index contributed by atoms with van der Waals surface area (Å²) in [6, 6.07) is 117. The Morgan fingerprint density at radius 3 is 1.04 bits per heavy atom. The van der Waals surface area contributed by atoms with Crippen LogP contribution < -0.4 is 26.2 Å².